The highest BCUT2D eigenvalue weighted by atomic mass is 16.5. The molecule has 0 aliphatic carbocycles. The van der Waals surface area contributed by atoms with Crippen LogP contribution < -0.4 is 15.0 Å². The van der Waals surface area contributed by atoms with E-state index >= 15 is 0 Å². The maximum absolute atomic E-state index is 12.5. The van der Waals surface area contributed by atoms with Crippen molar-refractivity contribution >= 4 is 10.9 Å². The minimum absolute atomic E-state index is 0.0209. The molecule has 0 amide bonds. The van der Waals surface area contributed by atoms with Crippen molar-refractivity contribution < 1.29 is 9.47 Å². The molecule has 0 aliphatic heterocycles. The fraction of sp³-hybridized carbons (Fsp3) is 0.238. The lowest BCUT2D eigenvalue weighted by Gasteiger charge is -2.12. The van der Waals surface area contributed by atoms with Gasteiger partial charge in [-0.05, 0) is 43.2 Å². The van der Waals surface area contributed by atoms with Crippen LogP contribution in [0.3, 0.4) is 0 Å². The van der Waals surface area contributed by atoms with Crippen molar-refractivity contribution in [1.82, 2.24) is 9.55 Å². The molecule has 0 N–H and O–H groups in total. The Labute approximate surface area is 152 Å². The third-order valence-corrected chi connectivity index (χ3v) is 4.16. The molecule has 1 heterocycles. The highest BCUT2D eigenvalue weighted by Crippen LogP contribution is 2.25. The van der Waals surface area contributed by atoms with Gasteiger partial charge in [0.05, 0.1) is 30.9 Å². The number of allylic oxidation sites excluding steroid dienone is 1. The van der Waals surface area contributed by atoms with Crippen LogP contribution in [0.15, 0.2) is 66.2 Å². The second-order valence-electron chi connectivity index (χ2n) is 5.93. The fourth-order valence-electron chi connectivity index (χ4n) is 2.82. The lowest BCUT2D eigenvalue weighted by Crippen LogP contribution is -2.21. The van der Waals surface area contributed by atoms with Gasteiger partial charge in [0.25, 0.3) is 5.56 Å². The molecule has 26 heavy (non-hydrogen) atoms. The van der Waals surface area contributed by atoms with Crippen LogP contribution in [-0.4, -0.2) is 23.3 Å². The topological polar surface area (TPSA) is 53.4 Å². The van der Waals surface area contributed by atoms with E-state index in [1.54, 1.807) is 24.1 Å². The van der Waals surface area contributed by atoms with Crippen molar-refractivity contribution in [2.45, 2.75) is 19.4 Å². The smallest absolute Gasteiger partial charge is 0.261 e. The predicted octanol–water partition coefficient (Wildman–Crippen LogP) is 3.60. The van der Waals surface area contributed by atoms with Gasteiger partial charge in [-0.15, -0.1) is 6.58 Å². The van der Waals surface area contributed by atoms with Gasteiger partial charge in [-0.2, -0.15) is 0 Å². The molecule has 3 aromatic rings. The number of nitrogens with zero attached hydrogens (tertiary/aromatic N) is 2. The van der Waals surface area contributed by atoms with Gasteiger partial charge >= 0.3 is 0 Å². The van der Waals surface area contributed by atoms with Crippen molar-refractivity contribution in [1.29, 1.82) is 0 Å². The van der Waals surface area contributed by atoms with Gasteiger partial charge in [0.2, 0.25) is 0 Å². The van der Waals surface area contributed by atoms with Crippen LogP contribution in [0, 0.1) is 0 Å². The van der Waals surface area contributed by atoms with Crippen LogP contribution in [0.25, 0.3) is 10.9 Å². The lowest BCUT2D eigenvalue weighted by molar-refractivity contribution is 0.297. The number of hydrogen-bond donors (Lipinski definition) is 0. The van der Waals surface area contributed by atoms with Crippen molar-refractivity contribution in [2.75, 3.05) is 13.7 Å². The van der Waals surface area contributed by atoms with Crippen LogP contribution in [0.5, 0.6) is 11.5 Å². The molecule has 3 rings (SSSR count). The van der Waals surface area contributed by atoms with E-state index in [4.69, 9.17) is 9.47 Å². The Hall–Kier alpha value is -3.08. The van der Waals surface area contributed by atoms with E-state index in [-0.39, 0.29) is 5.56 Å². The standard InChI is InChI=1S/C21H22N2O3/c1-3-7-16-14-17(25-2)10-11-20(16)26-13-6-12-23-15-22-19-9-5-4-8-18(19)21(23)24/h3-5,8-11,14-15H,1,6-7,12-13H2,2H3. The highest BCUT2D eigenvalue weighted by molar-refractivity contribution is 5.76. The van der Waals surface area contributed by atoms with E-state index in [2.05, 4.69) is 11.6 Å². The quantitative estimate of drug-likeness (QED) is 0.460. The summed E-state index contributed by atoms with van der Waals surface area (Å²) in [5, 5.41) is 0.638. The molecule has 0 unspecified atom stereocenters. The summed E-state index contributed by atoms with van der Waals surface area (Å²) in [6.07, 6.45) is 4.85. The minimum Gasteiger partial charge on any atom is -0.497 e. The molecule has 5 nitrogen and oxygen atoms in total. The van der Waals surface area contributed by atoms with Gasteiger partial charge in [0.15, 0.2) is 0 Å². The third kappa shape index (κ3) is 3.94. The molecule has 0 aliphatic rings. The number of rotatable bonds is 8. The monoisotopic (exact) mass is 350 g/mol. The normalized spacial score (nSPS) is 10.7. The Morgan fingerprint density at radius 2 is 2.08 bits per heavy atom. The van der Waals surface area contributed by atoms with Crippen molar-refractivity contribution in [3.05, 3.63) is 77.4 Å². The Morgan fingerprint density at radius 1 is 1.23 bits per heavy atom. The van der Waals surface area contributed by atoms with Crippen molar-refractivity contribution in [3.8, 4) is 11.5 Å². The van der Waals surface area contributed by atoms with Crippen LogP contribution >= 0.6 is 0 Å². The molecule has 0 saturated carbocycles. The summed E-state index contributed by atoms with van der Waals surface area (Å²) in [6, 6.07) is 13.1. The molecular weight excluding hydrogens is 328 g/mol. The van der Waals surface area contributed by atoms with E-state index in [1.807, 2.05) is 42.5 Å². The molecule has 134 valence electrons. The van der Waals surface area contributed by atoms with Crippen molar-refractivity contribution in [3.63, 3.8) is 0 Å². The average molecular weight is 350 g/mol. The number of para-hydroxylation sites is 1. The molecule has 2 aromatic carbocycles. The Bertz CT molecular complexity index is 963. The largest absolute Gasteiger partial charge is 0.497 e. The zero-order valence-electron chi connectivity index (χ0n) is 14.9. The van der Waals surface area contributed by atoms with Gasteiger partial charge in [0, 0.05) is 12.1 Å². The number of ether oxygens (including phenoxy) is 2. The summed E-state index contributed by atoms with van der Waals surface area (Å²) >= 11 is 0. The molecule has 0 spiro atoms. The molecule has 5 heteroatoms. The first-order valence-corrected chi connectivity index (χ1v) is 8.57. The van der Waals surface area contributed by atoms with Crippen LogP contribution in [-0.2, 0) is 13.0 Å². The second kappa shape index (κ2) is 8.34. The summed E-state index contributed by atoms with van der Waals surface area (Å²) in [4.78, 5) is 16.8. The first kappa shape index (κ1) is 17.7. The van der Waals surface area contributed by atoms with E-state index in [9.17, 15) is 4.79 Å². The molecular formula is C21H22N2O3. The maximum atomic E-state index is 12.5. The Morgan fingerprint density at radius 3 is 2.88 bits per heavy atom. The highest BCUT2D eigenvalue weighted by Gasteiger charge is 2.06. The number of aromatic nitrogens is 2. The number of aryl methyl sites for hydroxylation is 1. The van der Waals surface area contributed by atoms with Gasteiger partial charge in [0.1, 0.15) is 11.5 Å². The molecule has 0 atom stereocenters. The van der Waals surface area contributed by atoms with Gasteiger partial charge in [-0.1, -0.05) is 18.2 Å². The molecule has 0 bridgehead atoms. The number of benzene rings is 2. The zero-order chi connectivity index (χ0) is 18.4. The third-order valence-electron chi connectivity index (χ3n) is 4.16. The zero-order valence-corrected chi connectivity index (χ0v) is 14.9. The predicted molar refractivity (Wildman–Crippen MR) is 103 cm³/mol. The van der Waals surface area contributed by atoms with E-state index in [0.29, 0.717) is 31.4 Å². The van der Waals surface area contributed by atoms with Crippen LogP contribution in [0.1, 0.15) is 12.0 Å². The van der Waals surface area contributed by atoms with E-state index in [1.165, 1.54) is 0 Å². The van der Waals surface area contributed by atoms with Gasteiger partial charge in [-0.3, -0.25) is 9.36 Å². The number of hydrogen-bond acceptors (Lipinski definition) is 4. The summed E-state index contributed by atoms with van der Waals surface area (Å²) in [6.45, 7) is 4.85. The summed E-state index contributed by atoms with van der Waals surface area (Å²) in [5.41, 5.74) is 1.73. The Kier molecular flexibility index (Phi) is 5.69. The SMILES string of the molecule is C=CCc1cc(OC)ccc1OCCCn1cnc2ccccc2c1=O. The number of fused-ring (bicyclic) bond motifs is 1. The maximum Gasteiger partial charge on any atom is 0.261 e. The van der Waals surface area contributed by atoms with Crippen molar-refractivity contribution in [2.24, 2.45) is 0 Å². The van der Waals surface area contributed by atoms with Crippen LogP contribution in [0.2, 0.25) is 0 Å². The first-order valence-electron chi connectivity index (χ1n) is 8.57. The van der Waals surface area contributed by atoms with Crippen LogP contribution in [0.4, 0.5) is 0 Å². The summed E-state index contributed by atoms with van der Waals surface area (Å²) < 4.78 is 12.8. The average Bonchev–Trinajstić information content (AvgIpc) is 2.68. The molecule has 0 fully saturated rings. The van der Waals surface area contributed by atoms with Gasteiger partial charge in [-0.25, -0.2) is 4.98 Å². The molecule has 1 aromatic heterocycles. The molecule has 0 radical (unpaired) electrons. The minimum atomic E-state index is -0.0209. The lowest BCUT2D eigenvalue weighted by atomic mass is 10.1. The van der Waals surface area contributed by atoms with E-state index < -0.39 is 0 Å². The number of methoxy groups -OCH3 is 1. The Balaban J connectivity index is 1.63. The first-order chi connectivity index (χ1) is 12.7. The summed E-state index contributed by atoms with van der Waals surface area (Å²) in [5.74, 6) is 1.61. The fourth-order valence-corrected chi connectivity index (χ4v) is 2.82. The second-order valence-corrected chi connectivity index (χ2v) is 5.93. The van der Waals surface area contributed by atoms with E-state index in [0.717, 1.165) is 22.6 Å². The molecule has 0 saturated heterocycles. The summed E-state index contributed by atoms with van der Waals surface area (Å²) in [7, 11) is 1.64. The van der Waals surface area contributed by atoms with Gasteiger partial charge < -0.3 is 9.47 Å².